The summed E-state index contributed by atoms with van der Waals surface area (Å²) in [6.07, 6.45) is 0.119. The third kappa shape index (κ3) is 3.49. The average molecular weight is 217 g/mol. The summed E-state index contributed by atoms with van der Waals surface area (Å²) in [7, 11) is 1.29. The van der Waals surface area contributed by atoms with Gasteiger partial charge in [0.15, 0.2) is 6.10 Å². The Balaban J connectivity index is 2.28. The van der Waals surface area contributed by atoms with Gasteiger partial charge in [-0.05, 0) is 12.8 Å². The lowest BCUT2D eigenvalue weighted by atomic mass is 10.2. The Labute approximate surface area is 87.5 Å². The zero-order valence-corrected chi connectivity index (χ0v) is 8.56. The highest BCUT2D eigenvalue weighted by Gasteiger charge is 2.25. The first-order valence-electron chi connectivity index (χ1n) is 4.80. The highest BCUT2D eigenvalue weighted by Crippen LogP contribution is 2.11. The third-order valence-corrected chi connectivity index (χ3v) is 2.24. The Morgan fingerprint density at radius 3 is 2.87 bits per heavy atom. The number of hydrogen-bond acceptors (Lipinski definition) is 4. The van der Waals surface area contributed by atoms with Gasteiger partial charge in [-0.3, -0.25) is 4.79 Å². The number of hydrogen-bond donors (Lipinski definition) is 2. The van der Waals surface area contributed by atoms with Crippen LogP contribution >= 0.6 is 0 Å². The van der Waals surface area contributed by atoms with Crippen LogP contribution < -0.4 is 5.32 Å². The second-order valence-electron chi connectivity index (χ2n) is 3.31. The monoisotopic (exact) mass is 217 g/mol. The Morgan fingerprint density at radius 2 is 2.40 bits per heavy atom. The van der Waals surface area contributed by atoms with Crippen LogP contribution in [0.4, 0.5) is 0 Å². The molecule has 2 atom stereocenters. The van der Waals surface area contributed by atoms with Gasteiger partial charge in [0.1, 0.15) is 6.10 Å². The molecule has 2 unspecified atom stereocenters. The van der Waals surface area contributed by atoms with Crippen molar-refractivity contribution in [2.24, 2.45) is 0 Å². The van der Waals surface area contributed by atoms with E-state index < -0.39 is 18.2 Å². The number of carboxylic acids is 1. The molecule has 1 saturated heterocycles. The molecule has 0 bridgehead atoms. The predicted molar refractivity (Wildman–Crippen MR) is 50.4 cm³/mol. The molecule has 15 heavy (non-hydrogen) atoms. The van der Waals surface area contributed by atoms with E-state index in [2.05, 4.69) is 10.1 Å². The summed E-state index contributed by atoms with van der Waals surface area (Å²) in [6.45, 7) is 0.551. The third-order valence-electron chi connectivity index (χ3n) is 2.24. The minimum Gasteiger partial charge on any atom is -0.479 e. The first-order valence-corrected chi connectivity index (χ1v) is 4.80. The van der Waals surface area contributed by atoms with Gasteiger partial charge in [0.25, 0.3) is 0 Å². The van der Waals surface area contributed by atoms with Crippen molar-refractivity contribution in [1.29, 1.82) is 0 Å². The maximum absolute atomic E-state index is 11.4. The quantitative estimate of drug-likeness (QED) is 0.641. The first-order chi connectivity index (χ1) is 7.15. The second kappa shape index (κ2) is 5.67. The Bertz CT molecular complexity index is 237. The fourth-order valence-electron chi connectivity index (χ4n) is 1.36. The van der Waals surface area contributed by atoms with Gasteiger partial charge in [0.05, 0.1) is 6.54 Å². The maximum Gasteiger partial charge on any atom is 0.334 e. The van der Waals surface area contributed by atoms with Gasteiger partial charge in [-0.2, -0.15) is 0 Å². The van der Waals surface area contributed by atoms with E-state index in [-0.39, 0.29) is 12.5 Å². The van der Waals surface area contributed by atoms with Crippen molar-refractivity contribution in [3.63, 3.8) is 0 Å². The lowest BCUT2D eigenvalue weighted by molar-refractivity contribution is -0.148. The molecule has 1 rings (SSSR count). The van der Waals surface area contributed by atoms with E-state index in [1.54, 1.807) is 0 Å². The van der Waals surface area contributed by atoms with Gasteiger partial charge in [-0.15, -0.1) is 0 Å². The van der Waals surface area contributed by atoms with Crippen LogP contribution in [0.5, 0.6) is 0 Å². The van der Waals surface area contributed by atoms with Gasteiger partial charge < -0.3 is 19.9 Å². The molecule has 2 N–H and O–H groups in total. The van der Waals surface area contributed by atoms with Crippen LogP contribution in [-0.4, -0.2) is 49.5 Å². The molecule has 0 spiro atoms. The largest absolute Gasteiger partial charge is 0.479 e. The number of ether oxygens (including phenoxy) is 2. The average Bonchev–Trinajstić information content (AvgIpc) is 2.70. The number of nitrogens with one attached hydrogen (secondary N) is 1. The number of carbonyl (C=O) groups excluding carboxylic acids is 1. The maximum atomic E-state index is 11.4. The molecule has 6 nitrogen and oxygen atoms in total. The molecule has 1 aliphatic heterocycles. The number of carboxylic acid groups (broad SMARTS) is 1. The van der Waals surface area contributed by atoms with E-state index in [0.29, 0.717) is 13.0 Å². The number of amides is 1. The van der Waals surface area contributed by atoms with Gasteiger partial charge >= 0.3 is 5.97 Å². The van der Waals surface area contributed by atoms with Crippen molar-refractivity contribution in [2.75, 3.05) is 20.3 Å². The Kier molecular flexibility index (Phi) is 4.51. The van der Waals surface area contributed by atoms with E-state index in [1.165, 1.54) is 7.11 Å². The number of rotatable bonds is 5. The lowest BCUT2D eigenvalue weighted by Gasteiger charge is -2.14. The van der Waals surface area contributed by atoms with Crippen LogP contribution in [0.25, 0.3) is 0 Å². The van der Waals surface area contributed by atoms with Crippen molar-refractivity contribution in [3.8, 4) is 0 Å². The molecule has 6 heteroatoms. The van der Waals surface area contributed by atoms with Crippen molar-refractivity contribution in [2.45, 2.75) is 25.0 Å². The summed E-state index contributed by atoms with van der Waals surface area (Å²) < 4.78 is 9.81. The first kappa shape index (κ1) is 11.9. The van der Waals surface area contributed by atoms with Crippen molar-refractivity contribution >= 4 is 11.9 Å². The van der Waals surface area contributed by atoms with Crippen LogP contribution in [0.1, 0.15) is 12.8 Å². The fraction of sp³-hybridized carbons (Fsp3) is 0.778. The second-order valence-corrected chi connectivity index (χ2v) is 3.31. The van der Waals surface area contributed by atoms with E-state index in [1.807, 2.05) is 0 Å². The topological polar surface area (TPSA) is 84.9 Å². The lowest BCUT2D eigenvalue weighted by Crippen LogP contribution is -2.42. The van der Waals surface area contributed by atoms with Crippen molar-refractivity contribution < 1.29 is 24.2 Å². The van der Waals surface area contributed by atoms with E-state index in [4.69, 9.17) is 9.84 Å². The minimum absolute atomic E-state index is 0.0372. The van der Waals surface area contributed by atoms with E-state index >= 15 is 0 Å². The highest BCUT2D eigenvalue weighted by molar-refractivity contribution is 5.82. The number of methoxy groups -OCH3 is 1. The summed E-state index contributed by atoms with van der Waals surface area (Å²) in [5, 5.41) is 11.1. The van der Waals surface area contributed by atoms with Crippen LogP contribution in [0.15, 0.2) is 0 Å². The van der Waals surface area contributed by atoms with Gasteiger partial charge in [0.2, 0.25) is 5.91 Å². The summed E-state index contributed by atoms with van der Waals surface area (Å²) in [5.74, 6) is -1.36. The fourth-order valence-corrected chi connectivity index (χ4v) is 1.36. The molecule has 0 aromatic heterocycles. The molecule has 1 heterocycles. The SMILES string of the molecule is COC(CNC(=O)C1CCCO1)C(=O)O. The molecule has 1 fully saturated rings. The molecular formula is C9H15NO5. The molecule has 0 aromatic rings. The molecule has 1 amide bonds. The molecule has 86 valence electrons. The van der Waals surface area contributed by atoms with Crippen LogP contribution in [0.2, 0.25) is 0 Å². The van der Waals surface area contributed by atoms with Crippen LogP contribution in [0.3, 0.4) is 0 Å². The van der Waals surface area contributed by atoms with Gasteiger partial charge in [-0.1, -0.05) is 0 Å². The molecule has 0 saturated carbocycles. The molecule has 1 aliphatic rings. The van der Waals surface area contributed by atoms with E-state index in [9.17, 15) is 9.59 Å². The summed E-state index contributed by atoms with van der Waals surface area (Å²) in [5.41, 5.74) is 0. The predicted octanol–water partition coefficient (Wildman–Crippen LogP) is -0.619. The van der Waals surface area contributed by atoms with Gasteiger partial charge in [0, 0.05) is 13.7 Å². The molecule has 0 aromatic carbocycles. The van der Waals surface area contributed by atoms with Crippen LogP contribution in [0, 0.1) is 0 Å². The number of carbonyl (C=O) groups is 2. The van der Waals surface area contributed by atoms with Gasteiger partial charge in [-0.25, -0.2) is 4.79 Å². The smallest absolute Gasteiger partial charge is 0.334 e. The summed E-state index contributed by atoms with van der Waals surface area (Å²) in [6, 6.07) is 0. The Morgan fingerprint density at radius 1 is 1.67 bits per heavy atom. The zero-order chi connectivity index (χ0) is 11.3. The molecule has 0 radical (unpaired) electrons. The standard InChI is InChI=1S/C9H15NO5/c1-14-7(9(12)13)5-10-8(11)6-3-2-4-15-6/h6-7H,2-5H2,1H3,(H,10,11)(H,12,13). The zero-order valence-electron chi connectivity index (χ0n) is 8.56. The van der Waals surface area contributed by atoms with Crippen LogP contribution in [-0.2, 0) is 19.1 Å². The minimum atomic E-state index is -1.09. The van der Waals surface area contributed by atoms with E-state index in [0.717, 1.165) is 6.42 Å². The summed E-state index contributed by atoms with van der Waals surface area (Å²) >= 11 is 0. The van der Waals surface area contributed by atoms with Crippen molar-refractivity contribution in [3.05, 3.63) is 0 Å². The van der Waals surface area contributed by atoms with Crippen molar-refractivity contribution in [1.82, 2.24) is 5.32 Å². The number of aliphatic carboxylic acids is 1. The molecular weight excluding hydrogens is 202 g/mol. The summed E-state index contributed by atoms with van der Waals surface area (Å²) in [4.78, 5) is 22.0. The Hall–Kier alpha value is -1.14. The highest BCUT2D eigenvalue weighted by atomic mass is 16.5. The normalized spacial score (nSPS) is 22.3. The molecule has 0 aliphatic carbocycles.